The lowest BCUT2D eigenvalue weighted by molar-refractivity contribution is -0.116. The van der Waals surface area contributed by atoms with Gasteiger partial charge in [0, 0.05) is 17.3 Å². The van der Waals surface area contributed by atoms with Crippen LogP contribution in [0.1, 0.15) is 23.1 Å². The molecule has 3 rings (SSSR count). The Bertz CT molecular complexity index is 1070. The molecule has 0 bridgehead atoms. The van der Waals surface area contributed by atoms with Crippen LogP contribution in [0.4, 0.5) is 5.69 Å². The fraction of sp³-hybridized carbons (Fsp3) is 0.182. The van der Waals surface area contributed by atoms with Gasteiger partial charge in [0.25, 0.3) is 5.56 Å². The summed E-state index contributed by atoms with van der Waals surface area (Å²) in [7, 11) is 0. The highest BCUT2D eigenvalue weighted by atomic mass is 16.5. The zero-order valence-electron chi connectivity index (χ0n) is 16.2. The van der Waals surface area contributed by atoms with Crippen LogP contribution in [0, 0.1) is 6.92 Å². The van der Waals surface area contributed by atoms with Gasteiger partial charge < -0.3 is 10.1 Å². The number of hydrogen-bond donors (Lipinski definition) is 1. The van der Waals surface area contributed by atoms with Crippen LogP contribution in [0.5, 0.6) is 0 Å². The van der Waals surface area contributed by atoms with Crippen LogP contribution in [-0.4, -0.2) is 28.0 Å². The van der Waals surface area contributed by atoms with Crippen molar-refractivity contribution in [3.63, 3.8) is 0 Å². The van der Waals surface area contributed by atoms with Crippen LogP contribution in [0.2, 0.25) is 0 Å². The van der Waals surface area contributed by atoms with E-state index in [-0.39, 0.29) is 18.0 Å². The van der Waals surface area contributed by atoms with Crippen molar-refractivity contribution in [3.05, 3.63) is 82.4 Å². The van der Waals surface area contributed by atoms with E-state index in [1.807, 2.05) is 30.3 Å². The first-order valence-electron chi connectivity index (χ1n) is 9.19. The molecule has 0 fully saturated rings. The Morgan fingerprint density at radius 1 is 1.07 bits per heavy atom. The van der Waals surface area contributed by atoms with Gasteiger partial charge in [0.1, 0.15) is 12.4 Å². The van der Waals surface area contributed by atoms with Gasteiger partial charge >= 0.3 is 5.97 Å². The molecule has 148 valence electrons. The van der Waals surface area contributed by atoms with Crippen LogP contribution in [0.3, 0.4) is 0 Å². The maximum Gasteiger partial charge on any atom is 0.338 e. The predicted molar refractivity (Wildman–Crippen MR) is 110 cm³/mol. The van der Waals surface area contributed by atoms with Crippen molar-refractivity contribution in [2.45, 2.75) is 20.4 Å². The third-order valence-electron chi connectivity index (χ3n) is 4.25. The van der Waals surface area contributed by atoms with Crippen molar-refractivity contribution < 1.29 is 14.3 Å². The smallest absolute Gasteiger partial charge is 0.338 e. The van der Waals surface area contributed by atoms with Crippen molar-refractivity contribution in [2.24, 2.45) is 0 Å². The topological polar surface area (TPSA) is 90.3 Å². The largest absolute Gasteiger partial charge is 0.462 e. The number of hydrogen-bond acceptors (Lipinski definition) is 5. The highest BCUT2D eigenvalue weighted by Gasteiger charge is 2.12. The molecule has 2 aromatic carbocycles. The molecule has 0 aliphatic heterocycles. The van der Waals surface area contributed by atoms with E-state index >= 15 is 0 Å². The van der Waals surface area contributed by atoms with Gasteiger partial charge in [-0.3, -0.25) is 14.2 Å². The molecule has 1 N–H and O–H groups in total. The van der Waals surface area contributed by atoms with Gasteiger partial charge in [0.05, 0.1) is 17.9 Å². The molecule has 0 atom stereocenters. The zero-order chi connectivity index (χ0) is 20.8. The minimum absolute atomic E-state index is 0.160. The number of amides is 1. The molecule has 1 amide bonds. The maximum atomic E-state index is 12.5. The van der Waals surface area contributed by atoms with Gasteiger partial charge in [-0.05, 0) is 38.1 Å². The van der Waals surface area contributed by atoms with Gasteiger partial charge in [-0.2, -0.15) is 0 Å². The van der Waals surface area contributed by atoms with E-state index in [9.17, 15) is 14.4 Å². The number of ether oxygens (including phenoxy) is 1. The van der Waals surface area contributed by atoms with Crippen LogP contribution in [-0.2, 0) is 16.1 Å². The van der Waals surface area contributed by atoms with E-state index in [4.69, 9.17) is 4.74 Å². The molecule has 0 unspecified atom stereocenters. The van der Waals surface area contributed by atoms with Crippen LogP contribution >= 0.6 is 0 Å². The summed E-state index contributed by atoms with van der Waals surface area (Å²) in [4.78, 5) is 41.0. The number of carbonyl (C=O) groups excluding carboxylic acids is 2. The van der Waals surface area contributed by atoms with Crippen molar-refractivity contribution >= 4 is 17.6 Å². The number of anilines is 1. The highest BCUT2D eigenvalue weighted by Crippen LogP contribution is 2.15. The lowest BCUT2D eigenvalue weighted by Gasteiger charge is -2.11. The molecular formula is C22H21N3O4. The van der Waals surface area contributed by atoms with Crippen LogP contribution in [0.25, 0.3) is 11.3 Å². The average molecular weight is 391 g/mol. The molecule has 0 spiro atoms. The minimum atomic E-state index is -0.419. The fourth-order valence-electron chi connectivity index (χ4n) is 2.82. The van der Waals surface area contributed by atoms with Crippen molar-refractivity contribution in [3.8, 4) is 11.3 Å². The standard InChI is InChI=1S/C22H21N3O4/c1-3-29-22(28)17-9-11-18(12-10-17)24-20(26)14-25-15(2)23-19(13-21(25)27)16-7-5-4-6-8-16/h4-13H,3,14H2,1-2H3,(H,24,26). The number of nitrogens with zero attached hydrogens (tertiary/aromatic N) is 2. The first-order valence-corrected chi connectivity index (χ1v) is 9.19. The number of nitrogens with one attached hydrogen (secondary N) is 1. The molecule has 0 saturated carbocycles. The Morgan fingerprint density at radius 2 is 1.76 bits per heavy atom. The molecule has 7 heteroatoms. The van der Waals surface area contributed by atoms with E-state index in [0.717, 1.165) is 5.56 Å². The summed E-state index contributed by atoms with van der Waals surface area (Å²) in [5, 5.41) is 2.71. The normalized spacial score (nSPS) is 10.4. The summed E-state index contributed by atoms with van der Waals surface area (Å²) in [6.45, 7) is 3.56. The molecule has 0 aliphatic carbocycles. The number of aromatic nitrogens is 2. The zero-order valence-corrected chi connectivity index (χ0v) is 16.2. The molecule has 7 nitrogen and oxygen atoms in total. The van der Waals surface area contributed by atoms with Crippen molar-refractivity contribution in [2.75, 3.05) is 11.9 Å². The first kappa shape index (κ1) is 20.0. The monoisotopic (exact) mass is 391 g/mol. The number of rotatable bonds is 6. The molecule has 0 saturated heterocycles. The van der Waals surface area contributed by atoms with Gasteiger partial charge in [0.15, 0.2) is 0 Å². The summed E-state index contributed by atoms with van der Waals surface area (Å²) in [5.74, 6) is -0.338. The molecule has 0 radical (unpaired) electrons. The van der Waals surface area contributed by atoms with Crippen molar-refractivity contribution in [1.29, 1.82) is 0 Å². The van der Waals surface area contributed by atoms with Gasteiger partial charge in [-0.15, -0.1) is 0 Å². The Labute approximate surface area is 168 Å². The highest BCUT2D eigenvalue weighted by molar-refractivity contribution is 5.93. The number of carbonyl (C=O) groups is 2. The molecular weight excluding hydrogens is 370 g/mol. The molecule has 1 aromatic heterocycles. The second-order valence-electron chi connectivity index (χ2n) is 6.32. The second-order valence-corrected chi connectivity index (χ2v) is 6.32. The Hall–Kier alpha value is -3.74. The number of aryl methyl sites for hydroxylation is 1. The lowest BCUT2D eigenvalue weighted by atomic mass is 10.1. The third-order valence-corrected chi connectivity index (χ3v) is 4.25. The molecule has 1 heterocycles. The third kappa shape index (κ3) is 4.95. The van der Waals surface area contributed by atoms with Crippen LogP contribution in [0.15, 0.2) is 65.5 Å². The van der Waals surface area contributed by atoms with E-state index in [1.165, 1.54) is 10.6 Å². The predicted octanol–water partition coefficient (Wildman–Crippen LogP) is 3.03. The minimum Gasteiger partial charge on any atom is -0.462 e. The number of benzene rings is 2. The van der Waals surface area contributed by atoms with Gasteiger partial charge in [-0.1, -0.05) is 30.3 Å². The summed E-state index contributed by atoms with van der Waals surface area (Å²) in [6.07, 6.45) is 0. The Morgan fingerprint density at radius 3 is 2.38 bits per heavy atom. The SMILES string of the molecule is CCOC(=O)c1ccc(NC(=O)Cn2c(C)nc(-c3ccccc3)cc2=O)cc1. The van der Waals surface area contributed by atoms with E-state index in [2.05, 4.69) is 10.3 Å². The summed E-state index contributed by atoms with van der Waals surface area (Å²) in [5.41, 5.74) is 2.02. The lowest BCUT2D eigenvalue weighted by Crippen LogP contribution is -2.29. The molecule has 29 heavy (non-hydrogen) atoms. The van der Waals surface area contributed by atoms with Gasteiger partial charge in [-0.25, -0.2) is 9.78 Å². The number of esters is 1. The van der Waals surface area contributed by atoms with E-state index in [0.29, 0.717) is 29.4 Å². The molecule has 3 aromatic rings. The van der Waals surface area contributed by atoms with Crippen LogP contribution < -0.4 is 10.9 Å². The summed E-state index contributed by atoms with van der Waals surface area (Å²) < 4.78 is 6.24. The first-order chi connectivity index (χ1) is 14.0. The van der Waals surface area contributed by atoms with Crippen molar-refractivity contribution in [1.82, 2.24) is 9.55 Å². The summed E-state index contributed by atoms with van der Waals surface area (Å²) >= 11 is 0. The quantitative estimate of drug-likeness (QED) is 0.652. The average Bonchev–Trinajstić information content (AvgIpc) is 2.72. The fourth-order valence-corrected chi connectivity index (χ4v) is 2.82. The van der Waals surface area contributed by atoms with E-state index in [1.54, 1.807) is 38.1 Å². The van der Waals surface area contributed by atoms with E-state index < -0.39 is 5.97 Å². The van der Waals surface area contributed by atoms with Gasteiger partial charge in [0.2, 0.25) is 5.91 Å². The maximum absolute atomic E-state index is 12.5. The second kappa shape index (κ2) is 8.97. The Kier molecular flexibility index (Phi) is 6.19. The molecule has 0 aliphatic rings. The Balaban J connectivity index is 1.71. The summed E-state index contributed by atoms with van der Waals surface area (Å²) in [6, 6.07) is 17.2.